The van der Waals surface area contributed by atoms with Crippen LogP contribution in [0.3, 0.4) is 0 Å². The smallest absolute Gasteiger partial charge is 0.0639 e. The Kier molecular flexibility index (Phi) is 5.72. The molecule has 0 heterocycles. The number of rotatable bonds is 7. The van der Waals surface area contributed by atoms with Crippen LogP contribution in [-0.2, 0) is 4.74 Å². The average molecular weight is 222 g/mol. The van der Waals surface area contributed by atoms with Crippen LogP contribution in [0.2, 0.25) is 0 Å². The molecule has 1 aromatic rings. The molecule has 1 N–H and O–H groups in total. The molecule has 0 aliphatic rings. The molecule has 0 unspecified atom stereocenters. The summed E-state index contributed by atoms with van der Waals surface area (Å²) < 4.78 is 5.40. The van der Waals surface area contributed by atoms with Crippen LogP contribution in [0.4, 0.5) is 11.4 Å². The number of benzene rings is 1. The second-order valence-corrected chi connectivity index (χ2v) is 3.98. The highest BCUT2D eigenvalue weighted by Crippen LogP contribution is 2.15. The van der Waals surface area contributed by atoms with Crippen molar-refractivity contribution in [3.05, 3.63) is 24.3 Å². The molecule has 16 heavy (non-hydrogen) atoms. The summed E-state index contributed by atoms with van der Waals surface area (Å²) in [6.45, 7) is 4.60. The monoisotopic (exact) mass is 222 g/mol. The Morgan fingerprint density at radius 1 is 1.12 bits per heavy atom. The third-order valence-electron chi connectivity index (χ3n) is 2.31. The SMILES string of the molecule is CCCOCCNc1ccc(N(C)C)cc1. The number of nitrogens with zero attached hydrogens (tertiary/aromatic N) is 1. The molecular weight excluding hydrogens is 200 g/mol. The highest BCUT2D eigenvalue weighted by atomic mass is 16.5. The first-order valence-corrected chi connectivity index (χ1v) is 5.83. The molecule has 1 rings (SSSR count). The molecular formula is C13H22N2O. The van der Waals surface area contributed by atoms with Crippen molar-refractivity contribution in [2.75, 3.05) is 44.1 Å². The standard InChI is InChI=1S/C13H22N2O/c1-4-10-16-11-9-14-12-5-7-13(8-6-12)15(2)3/h5-8,14H,4,9-11H2,1-3H3. The average Bonchev–Trinajstić information content (AvgIpc) is 2.29. The Morgan fingerprint density at radius 2 is 1.81 bits per heavy atom. The van der Waals surface area contributed by atoms with Gasteiger partial charge in [-0.3, -0.25) is 0 Å². The second-order valence-electron chi connectivity index (χ2n) is 3.98. The predicted octanol–water partition coefficient (Wildman–Crippen LogP) is 2.59. The summed E-state index contributed by atoms with van der Waals surface area (Å²) in [5, 5.41) is 3.33. The fourth-order valence-electron chi connectivity index (χ4n) is 1.39. The van der Waals surface area contributed by atoms with Gasteiger partial charge in [0.25, 0.3) is 0 Å². The second kappa shape index (κ2) is 7.12. The summed E-state index contributed by atoms with van der Waals surface area (Å²) in [4.78, 5) is 2.09. The normalized spacial score (nSPS) is 10.2. The topological polar surface area (TPSA) is 24.5 Å². The third kappa shape index (κ3) is 4.53. The molecule has 0 spiro atoms. The van der Waals surface area contributed by atoms with Crippen molar-refractivity contribution >= 4 is 11.4 Å². The van der Waals surface area contributed by atoms with E-state index in [9.17, 15) is 0 Å². The van der Waals surface area contributed by atoms with Crippen LogP contribution < -0.4 is 10.2 Å². The van der Waals surface area contributed by atoms with Crippen LogP contribution in [0, 0.1) is 0 Å². The lowest BCUT2D eigenvalue weighted by Gasteiger charge is -2.13. The fraction of sp³-hybridized carbons (Fsp3) is 0.538. The van der Waals surface area contributed by atoms with E-state index in [-0.39, 0.29) is 0 Å². The van der Waals surface area contributed by atoms with E-state index in [1.807, 2.05) is 14.1 Å². The first-order chi connectivity index (χ1) is 7.74. The summed E-state index contributed by atoms with van der Waals surface area (Å²) in [6.07, 6.45) is 1.08. The zero-order valence-electron chi connectivity index (χ0n) is 10.5. The highest BCUT2D eigenvalue weighted by Gasteiger charge is 1.95. The van der Waals surface area contributed by atoms with Gasteiger partial charge in [-0.25, -0.2) is 0 Å². The maximum Gasteiger partial charge on any atom is 0.0639 e. The molecule has 3 heteroatoms. The zero-order chi connectivity index (χ0) is 11.8. The molecule has 0 amide bonds. The quantitative estimate of drug-likeness (QED) is 0.718. The van der Waals surface area contributed by atoms with Crippen molar-refractivity contribution in [3.63, 3.8) is 0 Å². The summed E-state index contributed by atoms with van der Waals surface area (Å²) in [7, 11) is 4.09. The Hall–Kier alpha value is -1.22. The van der Waals surface area contributed by atoms with Gasteiger partial charge >= 0.3 is 0 Å². The van der Waals surface area contributed by atoms with E-state index in [1.165, 1.54) is 5.69 Å². The number of nitrogens with one attached hydrogen (secondary N) is 1. The van der Waals surface area contributed by atoms with E-state index in [4.69, 9.17) is 4.74 Å². The van der Waals surface area contributed by atoms with Crippen LogP contribution in [0.25, 0.3) is 0 Å². The number of hydrogen-bond acceptors (Lipinski definition) is 3. The van der Waals surface area contributed by atoms with Gasteiger partial charge in [0.2, 0.25) is 0 Å². The highest BCUT2D eigenvalue weighted by molar-refractivity contribution is 5.54. The van der Waals surface area contributed by atoms with Gasteiger partial charge in [0.15, 0.2) is 0 Å². The summed E-state index contributed by atoms with van der Waals surface area (Å²) >= 11 is 0. The van der Waals surface area contributed by atoms with Gasteiger partial charge in [0, 0.05) is 38.6 Å². The predicted molar refractivity (Wildman–Crippen MR) is 70.4 cm³/mol. The summed E-state index contributed by atoms with van der Waals surface area (Å²) in [5.74, 6) is 0. The molecule has 0 radical (unpaired) electrons. The minimum Gasteiger partial charge on any atom is -0.383 e. The van der Waals surface area contributed by atoms with Crippen LogP contribution in [-0.4, -0.2) is 33.9 Å². The van der Waals surface area contributed by atoms with Crippen LogP contribution in [0.1, 0.15) is 13.3 Å². The Labute approximate surface area is 98.4 Å². The van der Waals surface area contributed by atoms with E-state index >= 15 is 0 Å². The minimum atomic E-state index is 0.767. The third-order valence-corrected chi connectivity index (χ3v) is 2.31. The number of hydrogen-bond donors (Lipinski definition) is 1. The molecule has 1 aromatic carbocycles. The van der Waals surface area contributed by atoms with Gasteiger partial charge in [0.05, 0.1) is 6.61 Å². The van der Waals surface area contributed by atoms with Gasteiger partial charge in [-0.1, -0.05) is 6.92 Å². The number of anilines is 2. The van der Waals surface area contributed by atoms with Gasteiger partial charge in [-0.05, 0) is 30.7 Å². The fourth-order valence-corrected chi connectivity index (χ4v) is 1.39. The van der Waals surface area contributed by atoms with Crippen molar-refractivity contribution in [1.82, 2.24) is 0 Å². The van der Waals surface area contributed by atoms with E-state index in [0.29, 0.717) is 0 Å². The number of ether oxygens (including phenoxy) is 1. The van der Waals surface area contributed by atoms with Crippen molar-refractivity contribution in [1.29, 1.82) is 0 Å². The maximum absolute atomic E-state index is 5.40. The molecule has 0 saturated heterocycles. The minimum absolute atomic E-state index is 0.767. The molecule has 0 aliphatic carbocycles. The van der Waals surface area contributed by atoms with E-state index in [2.05, 4.69) is 41.4 Å². The van der Waals surface area contributed by atoms with Crippen molar-refractivity contribution in [2.45, 2.75) is 13.3 Å². The molecule has 0 aromatic heterocycles. The van der Waals surface area contributed by atoms with Gasteiger partial charge < -0.3 is 15.0 Å². The van der Waals surface area contributed by atoms with Crippen LogP contribution in [0.15, 0.2) is 24.3 Å². The van der Waals surface area contributed by atoms with E-state index in [0.717, 1.165) is 31.9 Å². The van der Waals surface area contributed by atoms with Gasteiger partial charge in [-0.15, -0.1) is 0 Å². The van der Waals surface area contributed by atoms with Crippen LogP contribution >= 0.6 is 0 Å². The van der Waals surface area contributed by atoms with Crippen molar-refractivity contribution < 1.29 is 4.74 Å². The zero-order valence-corrected chi connectivity index (χ0v) is 10.5. The maximum atomic E-state index is 5.40. The van der Waals surface area contributed by atoms with Gasteiger partial charge in [0.1, 0.15) is 0 Å². The van der Waals surface area contributed by atoms with Crippen molar-refractivity contribution in [3.8, 4) is 0 Å². The largest absolute Gasteiger partial charge is 0.383 e. The Balaban J connectivity index is 2.27. The van der Waals surface area contributed by atoms with E-state index in [1.54, 1.807) is 0 Å². The lowest BCUT2D eigenvalue weighted by Crippen LogP contribution is -2.11. The van der Waals surface area contributed by atoms with Crippen LogP contribution in [0.5, 0.6) is 0 Å². The molecule has 0 saturated carbocycles. The summed E-state index contributed by atoms with van der Waals surface area (Å²) in [5.41, 5.74) is 2.36. The Morgan fingerprint density at radius 3 is 2.38 bits per heavy atom. The Bertz CT molecular complexity index is 282. The first kappa shape index (κ1) is 12.8. The molecule has 3 nitrogen and oxygen atoms in total. The van der Waals surface area contributed by atoms with Crippen molar-refractivity contribution in [2.24, 2.45) is 0 Å². The first-order valence-electron chi connectivity index (χ1n) is 5.83. The molecule has 0 fully saturated rings. The summed E-state index contributed by atoms with van der Waals surface area (Å²) in [6, 6.07) is 8.40. The lowest BCUT2D eigenvalue weighted by molar-refractivity contribution is 0.144. The molecule has 90 valence electrons. The lowest BCUT2D eigenvalue weighted by atomic mass is 10.2. The molecule has 0 aliphatic heterocycles. The van der Waals surface area contributed by atoms with E-state index < -0.39 is 0 Å². The van der Waals surface area contributed by atoms with Gasteiger partial charge in [-0.2, -0.15) is 0 Å². The molecule has 0 bridgehead atoms. The molecule has 0 atom stereocenters.